The second-order valence-corrected chi connectivity index (χ2v) is 14.6. The lowest BCUT2D eigenvalue weighted by molar-refractivity contribution is -0.145. The van der Waals surface area contributed by atoms with E-state index in [0.717, 1.165) is 22.4 Å². The molecule has 1 aliphatic heterocycles. The van der Waals surface area contributed by atoms with Crippen LogP contribution in [0.4, 0.5) is 4.39 Å². The number of likely N-dealkylation sites (tertiary alicyclic amines) is 1. The summed E-state index contributed by atoms with van der Waals surface area (Å²) in [5.74, 6) is -1.78. The number of benzene rings is 1. The fraction of sp³-hybridized carbons (Fsp3) is 0.588. The molecule has 2 aliphatic rings. The van der Waals surface area contributed by atoms with Crippen LogP contribution in [0.25, 0.3) is 10.4 Å². The van der Waals surface area contributed by atoms with E-state index in [4.69, 9.17) is 4.74 Å². The molecular formula is C34H46FN5O7S. The topological polar surface area (TPSA) is 158 Å². The van der Waals surface area contributed by atoms with Crippen LogP contribution in [0.1, 0.15) is 70.6 Å². The number of unbranched alkanes of at least 4 members (excludes halogenated alkanes) is 2. The summed E-state index contributed by atoms with van der Waals surface area (Å²) in [6.07, 6.45) is 1.90. The van der Waals surface area contributed by atoms with E-state index in [9.17, 15) is 33.5 Å². The van der Waals surface area contributed by atoms with Crippen LogP contribution in [0.15, 0.2) is 23.7 Å². The van der Waals surface area contributed by atoms with Gasteiger partial charge in [-0.1, -0.05) is 32.9 Å². The molecule has 12 nitrogen and oxygen atoms in total. The molecule has 0 unspecified atom stereocenters. The van der Waals surface area contributed by atoms with Gasteiger partial charge in [0.05, 0.1) is 22.2 Å². The molecule has 3 N–H and O–H groups in total. The van der Waals surface area contributed by atoms with Gasteiger partial charge in [-0.25, -0.2) is 9.37 Å². The third-order valence-electron chi connectivity index (χ3n) is 8.72. The van der Waals surface area contributed by atoms with Crippen LogP contribution in [0.3, 0.4) is 0 Å². The van der Waals surface area contributed by atoms with Gasteiger partial charge in [-0.15, -0.1) is 11.3 Å². The number of aliphatic hydroxyl groups excluding tert-OH is 1. The number of carbonyl (C=O) groups excluding carboxylic acids is 5. The first kappa shape index (κ1) is 36.9. The van der Waals surface area contributed by atoms with Gasteiger partial charge in [0.2, 0.25) is 11.8 Å². The first-order valence-corrected chi connectivity index (χ1v) is 17.1. The number of aldehydes is 1. The van der Waals surface area contributed by atoms with Crippen LogP contribution in [0.5, 0.6) is 5.75 Å². The lowest BCUT2D eigenvalue weighted by Gasteiger charge is -2.35. The highest BCUT2D eigenvalue weighted by molar-refractivity contribution is 7.13. The summed E-state index contributed by atoms with van der Waals surface area (Å²) in [4.78, 5) is 71.4. The quantitative estimate of drug-likeness (QED) is 0.191. The number of hydrogen-bond acceptors (Lipinski definition) is 9. The van der Waals surface area contributed by atoms with Gasteiger partial charge in [-0.05, 0) is 49.7 Å². The fourth-order valence-corrected chi connectivity index (χ4v) is 6.33. The molecule has 0 bridgehead atoms. The number of likely N-dealkylation sites (N-methyl/N-ethyl adjacent to an activating group) is 1. The van der Waals surface area contributed by atoms with E-state index < -0.39 is 47.0 Å². The number of β-amino-alcohol motifs (C(OH)–C–C–N with tert-alkyl or cyclic N) is 1. The van der Waals surface area contributed by atoms with Crippen LogP contribution in [0.2, 0.25) is 0 Å². The maximum absolute atomic E-state index is 14.5. The number of aliphatic hydroxyl groups is 1. The number of aryl methyl sites for hydroxylation is 1. The Balaban J connectivity index is 1.47. The molecular weight excluding hydrogens is 641 g/mol. The molecule has 14 heteroatoms. The molecule has 2 heterocycles. The summed E-state index contributed by atoms with van der Waals surface area (Å²) >= 11 is 1.47. The Hall–Kier alpha value is -3.91. The smallest absolute Gasteiger partial charge is 0.260 e. The van der Waals surface area contributed by atoms with Crippen molar-refractivity contribution in [1.29, 1.82) is 0 Å². The molecule has 2 fully saturated rings. The highest BCUT2D eigenvalue weighted by Crippen LogP contribution is 2.40. The SMILES string of the molecule is Cc1ncsc1-c1ccc(CNC(=O)[C@@H]2C[C@@H](O)CN2C(=O)[C@@H](NC(=O)C2(F)CC2)C(C)(C)C)c(OCC(=O)N(C)CCCCC=O)c1. The lowest BCUT2D eigenvalue weighted by atomic mass is 9.85. The Bertz CT molecular complexity index is 1500. The number of alkyl halides is 1. The van der Waals surface area contributed by atoms with Crippen molar-refractivity contribution in [2.24, 2.45) is 5.41 Å². The van der Waals surface area contributed by atoms with E-state index in [1.807, 2.05) is 13.0 Å². The molecule has 1 aliphatic carbocycles. The molecule has 4 rings (SSSR count). The van der Waals surface area contributed by atoms with E-state index in [1.165, 1.54) is 16.2 Å². The summed E-state index contributed by atoms with van der Waals surface area (Å²) in [6.45, 7) is 7.25. The van der Waals surface area contributed by atoms with Crippen LogP contribution in [-0.2, 0) is 30.5 Å². The Kier molecular flexibility index (Phi) is 12.0. The van der Waals surface area contributed by atoms with E-state index >= 15 is 0 Å². The van der Waals surface area contributed by atoms with Crippen molar-refractivity contribution >= 4 is 41.3 Å². The summed E-state index contributed by atoms with van der Waals surface area (Å²) in [5, 5.41) is 15.9. The van der Waals surface area contributed by atoms with Gasteiger partial charge in [-0.3, -0.25) is 19.2 Å². The Morgan fingerprint density at radius 1 is 1.25 bits per heavy atom. The summed E-state index contributed by atoms with van der Waals surface area (Å²) in [5.41, 5.74) is 1.23. The Labute approximate surface area is 284 Å². The van der Waals surface area contributed by atoms with Gasteiger partial charge in [0, 0.05) is 45.1 Å². The first-order valence-electron chi connectivity index (χ1n) is 16.2. The molecule has 1 saturated heterocycles. The van der Waals surface area contributed by atoms with Gasteiger partial charge >= 0.3 is 0 Å². The average Bonchev–Trinajstić information content (AvgIpc) is 3.45. The largest absolute Gasteiger partial charge is 0.483 e. The maximum Gasteiger partial charge on any atom is 0.260 e. The van der Waals surface area contributed by atoms with Crippen LogP contribution in [-0.4, -0.2) is 100 Å². The number of nitrogens with zero attached hydrogens (tertiary/aromatic N) is 3. The van der Waals surface area contributed by atoms with Crippen molar-refractivity contribution in [3.8, 4) is 16.2 Å². The molecule has 2 aromatic rings. The predicted octanol–water partition coefficient (Wildman–Crippen LogP) is 2.94. The van der Waals surface area contributed by atoms with Crippen molar-refractivity contribution < 1.29 is 38.2 Å². The van der Waals surface area contributed by atoms with Gasteiger partial charge in [0.15, 0.2) is 12.3 Å². The minimum atomic E-state index is -1.98. The molecule has 48 heavy (non-hydrogen) atoms. The number of rotatable bonds is 15. The lowest BCUT2D eigenvalue weighted by Crippen LogP contribution is -2.59. The fourth-order valence-electron chi connectivity index (χ4n) is 5.52. The van der Waals surface area contributed by atoms with Crippen molar-refractivity contribution in [2.75, 3.05) is 26.7 Å². The minimum Gasteiger partial charge on any atom is -0.483 e. The Morgan fingerprint density at radius 3 is 2.60 bits per heavy atom. The first-order chi connectivity index (χ1) is 22.6. The third kappa shape index (κ3) is 9.16. The summed E-state index contributed by atoms with van der Waals surface area (Å²) in [7, 11) is 1.67. The average molecular weight is 688 g/mol. The third-order valence-corrected chi connectivity index (χ3v) is 9.70. The maximum atomic E-state index is 14.5. The van der Waals surface area contributed by atoms with Crippen LogP contribution < -0.4 is 15.4 Å². The number of ether oxygens (including phenoxy) is 1. The van der Waals surface area contributed by atoms with E-state index in [2.05, 4.69) is 15.6 Å². The number of amides is 4. The predicted molar refractivity (Wildman–Crippen MR) is 178 cm³/mol. The number of hydrogen-bond donors (Lipinski definition) is 3. The second kappa shape index (κ2) is 15.5. The van der Waals surface area contributed by atoms with E-state index in [0.29, 0.717) is 37.1 Å². The molecule has 1 aromatic carbocycles. The van der Waals surface area contributed by atoms with Crippen LogP contribution >= 0.6 is 11.3 Å². The van der Waals surface area contributed by atoms with Gasteiger partial charge < -0.3 is 35.1 Å². The standard InChI is InChI=1S/C34H46FN5O7S/c1-21-28(48-20-37-21)22-9-10-23(26(15-22)47-19-27(43)39(5)13-7-6-8-14-41)17-36-30(44)25-16-24(42)18-40(25)31(45)29(33(2,3)4)38-32(46)34(35)11-12-34/h9-10,14-15,20,24-25,29,42H,6-8,11-13,16-19H2,1-5H3,(H,36,44)(H,38,46)/t24-,25+,29-/m1/s1. The zero-order chi connectivity index (χ0) is 35.2. The highest BCUT2D eigenvalue weighted by Gasteiger charge is 2.53. The zero-order valence-corrected chi connectivity index (χ0v) is 29.0. The van der Waals surface area contributed by atoms with E-state index in [-0.39, 0.29) is 44.9 Å². The van der Waals surface area contributed by atoms with Gasteiger partial charge in [-0.2, -0.15) is 0 Å². The molecule has 0 spiro atoms. The molecule has 1 aromatic heterocycles. The highest BCUT2D eigenvalue weighted by atomic mass is 32.1. The monoisotopic (exact) mass is 687 g/mol. The molecule has 0 radical (unpaired) electrons. The number of nitrogens with one attached hydrogen (secondary N) is 2. The Morgan fingerprint density at radius 2 is 1.98 bits per heavy atom. The summed E-state index contributed by atoms with van der Waals surface area (Å²) < 4.78 is 20.5. The number of thiazole rings is 1. The van der Waals surface area contributed by atoms with Crippen molar-refractivity contribution in [1.82, 2.24) is 25.4 Å². The second-order valence-electron chi connectivity index (χ2n) is 13.7. The van der Waals surface area contributed by atoms with Crippen molar-refractivity contribution in [2.45, 2.75) is 96.6 Å². The zero-order valence-electron chi connectivity index (χ0n) is 28.2. The van der Waals surface area contributed by atoms with Crippen molar-refractivity contribution in [3.63, 3.8) is 0 Å². The minimum absolute atomic E-state index is 0.00390. The molecule has 1 saturated carbocycles. The van der Waals surface area contributed by atoms with Gasteiger partial charge in [0.1, 0.15) is 24.1 Å². The molecule has 4 amide bonds. The van der Waals surface area contributed by atoms with Crippen molar-refractivity contribution in [3.05, 3.63) is 35.0 Å². The number of halogens is 1. The van der Waals surface area contributed by atoms with E-state index in [1.54, 1.807) is 50.4 Å². The van der Waals surface area contributed by atoms with Gasteiger partial charge in [0.25, 0.3) is 11.8 Å². The normalized spacial score (nSPS) is 18.9. The summed E-state index contributed by atoms with van der Waals surface area (Å²) in [6, 6.07) is 3.33. The number of aromatic nitrogens is 1. The van der Waals surface area contributed by atoms with Crippen LogP contribution in [0, 0.1) is 12.3 Å². The number of carbonyl (C=O) groups is 5. The molecule has 3 atom stereocenters. The molecule has 262 valence electrons.